The maximum Gasteiger partial charge on any atom is 0.330 e. The first-order valence-corrected chi connectivity index (χ1v) is 8.77. The van der Waals surface area contributed by atoms with Crippen molar-refractivity contribution in [2.45, 2.75) is 6.54 Å². The van der Waals surface area contributed by atoms with Gasteiger partial charge in [0.05, 0.1) is 19.7 Å². The number of methoxy groups -OCH3 is 1. The number of carbonyl (C=O) groups is 1. The van der Waals surface area contributed by atoms with E-state index in [4.69, 9.17) is 10.5 Å². The average Bonchev–Trinajstić information content (AvgIpc) is 2.67. The van der Waals surface area contributed by atoms with Gasteiger partial charge in [-0.3, -0.25) is 19.1 Å². The van der Waals surface area contributed by atoms with Crippen molar-refractivity contribution in [3.8, 4) is 0 Å². The minimum absolute atomic E-state index is 0.0614. The number of rotatable bonds is 7. The van der Waals surface area contributed by atoms with Crippen molar-refractivity contribution in [1.82, 2.24) is 9.55 Å². The number of Topliss-reactive ketones (excluding diaryl/α,β-unsaturated/α-hetero) is 1. The number of aromatic amines is 1. The molecular formula is C20H22N4O4. The van der Waals surface area contributed by atoms with Crippen LogP contribution in [0.1, 0.15) is 10.4 Å². The quantitative estimate of drug-likeness (QED) is 0.595. The minimum atomic E-state index is -0.784. The van der Waals surface area contributed by atoms with Crippen LogP contribution >= 0.6 is 0 Å². The molecule has 0 bridgehead atoms. The fraction of sp³-hybridized carbons (Fsp3) is 0.250. The highest BCUT2D eigenvalue weighted by atomic mass is 16.5. The first-order chi connectivity index (χ1) is 13.4. The molecule has 1 heterocycles. The van der Waals surface area contributed by atoms with Crippen LogP contribution in [0, 0.1) is 0 Å². The number of anilines is 2. The van der Waals surface area contributed by atoms with E-state index in [2.05, 4.69) is 4.98 Å². The molecule has 3 aromatic rings. The van der Waals surface area contributed by atoms with E-state index < -0.39 is 17.0 Å². The number of benzene rings is 2. The third kappa shape index (κ3) is 3.81. The maximum absolute atomic E-state index is 12.8. The lowest BCUT2D eigenvalue weighted by Crippen LogP contribution is -2.39. The van der Waals surface area contributed by atoms with Gasteiger partial charge in [0.1, 0.15) is 11.4 Å². The number of H-pyrrole nitrogens is 1. The molecule has 8 heteroatoms. The van der Waals surface area contributed by atoms with Gasteiger partial charge in [-0.1, -0.05) is 30.3 Å². The number of nitrogens with one attached hydrogen (secondary N) is 1. The third-order valence-electron chi connectivity index (χ3n) is 4.59. The van der Waals surface area contributed by atoms with E-state index in [0.29, 0.717) is 0 Å². The molecule has 0 radical (unpaired) electrons. The number of hydrogen-bond acceptors (Lipinski definition) is 6. The predicted octanol–water partition coefficient (Wildman–Crippen LogP) is 1.24. The van der Waals surface area contributed by atoms with Crippen LogP contribution in [0.3, 0.4) is 0 Å². The van der Waals surface area contributed by atoms with Crippen LogP contribution in [0.15, 0.2) is 52.1 Å². The number of nitrogen functional groups attached to an aromatic ring is 1. The Kier molecular flexibility index (Phi) is 5.60. The fourth-order valence-corrected chi connectivity index (χ4v) is 3.06. The first-order valence-electron chi connectivity index (χ1n) is 8.77. The van der Waals surface area contributed by atoms with Crippen LogP contribution in [-0.2, 0) is 11.3 Å². The Morgan fingerprint density at radius 1 is 1.18 bits per heavy atom. The molecule has 2 aromatic carbocycles. The molecular weight excluding hydrogens is 360 g/mol. The number of nitrogens with zero attached hydrogens (tertiary/aromatic N) is 2. The van der Waals surface area contributed by atoms with Gasteiger partial charge in [-0.15, -0.1) is 0 Å². The smallest absolute Gasteiger partial charge is 0.330 e. The summed E-state index contributed by atoms with van der Waals surface area (Å²) >= 11 is 0. The molecule has 3 rings (SSSR count). The van der Waals surface area contributed by atoms with Crippen LogP contribution < -0.4 is 21.9 Å². The van der Waals surface area contributed by atoms with Crippen molar-refractivity contribution in [3.63, 3.8) is 0 Å². The summed E-state index contributed by atoms with van der Waals surface area (Å²) in [6.07, 6.45) is 0. The average molecular weight is 382 g/mol. The lowest BCUT2D eigenvalue weighted by Gasteiger charge is -2.20. The van der Waals surface area contributed by atoms with E-state index in [-0.39, 0.29) is 31.1 Å². The highest BCUT2D eigenvalue weighted by Crippen LogP contribution is 2.21. The Balaban J connectivity index is 1.89. The summed E-state index contributed by atoms with van der Waals surface area (Å²) in [5.74, 6) is -0.622. The van der Waals surface area contributed by atoms with E-state index >= 15 is 0 Å². The predicted molar refractivity (Wildman–Crippen MR) is 109 cm³/mol. The zero-order valence-corrected chi connectivity index (χ0v) is 15.8. The van der Waals surface area contributed by atoms with Crippen molar-refractivity contribution < 1.29 is 9.53 Å². The third-order valence-corrected chi connectivity index (χ3v) is 4.59. The molecule has 8 nitrogen and oxygen atoms in total. The van der Waals surface area contributed by atoms with Crippen molar-refractivity contribution in [1.29, 1.82) is 0 Å². The molecule has 0 saturated heterocycles. The maximum atomic E-state index is 12.8. The molecule has 146 valence electrons. The molecule has 0 spiro atoms. The SMILES string of the molecule is COCCn1c(N)c(C(=O)CN(C)c2ccc3ccccc3c2)c(=O)[nH]c1=O. The number of aromatic nitrogens is 2. The van der Waals surface area contributed by atoms with Gasteiger partial charge in [0, 0.05) is 19.8 Å². The summed E-state index contributed by atoms with van der Waals surface area (Å²) in [5, 5.41) is 2.14. The Morgan fingerprint density at radius 2 is 1.89 bits per heavy atom. The summed E-state index contributed by atoms with van der Waals surface area (Å²) in [7, 11) is 3.24. The van der Waals surface area contributed by atoms with E-state index in [1.165, 1.54) is 7.11 Å². The minimum Gasteiger partial charge on any atom is -0.384 e. The van der Waals surface area contributed by atoms with E-state index in [1.807, 2.05) is 42.5 Å². The van der Waals surface area contributed by atoms with Crippen LogP contribution in [0.2, 0.25) is 0 Å². The molecule has 3 N–H and O–H groups in total. The zero-order chi connectivity index (χ0) is 20.3. The summed E-state index contributed by atoms with van der Waals surface area (Å²) in [6.45, 7) is 0.299. The topological polar surface area (TPSA) is 110 Å². The van der Waals surface area contributed by atoms with Crippen molar-refractivity contribution in [2.75, 3.05) is 37.9 Å². The second kappa shape index (κ2) is 8.10. The summed E-state index contributed by atoms with van der Waals surface area (Å²) < 4.78 is 6.08. The van der Waals surface area contributed by atoms with Gasteiger partial charge in [0.25, 0.3) is 5.56 Å². The van der Waals surface area contributed by atoms with Gasteiger partial charge in [0.15, 0.2) is 5.78 Å². The highest BCUT2D eigenvalue weighted by Gasteiger charge is 2.20. The Morgan fingerprint density at radius 3 is 2.61 bits per heavy atom. The number of fused-ring (bicyclic) bond motifs is 1. The number of ketones is 1. The molecule has 0 amide bonds. The molecule has 0 fully saturated rings. The molecule has 28 heavy (non-hydrogen) atoms. The first kappa shape index (κ1) is 19.4. The molecule has 0 aliphatic rings. The number of carbonyl (C=O) groups excluding carboxylic acids is 1. The second-order valence-corrected chi connectivity index (χ2v) is 6.47. The van der Waals surface area contributed by atoms with Gasteiger partial charge < -0.3 is 15.4 Å². The van der Waals surface area contributed by atoms with Gasteiger partial charge in [-0.25, -0.2) is 4.79 Å². The molecule has 0 aliphatic carbocycles. The normalized spacial score (nSPS) is 10.9. The monoisotopic (exact) mass is 382 g/mol. The summed E-state index contributed by atoms with van der Waals surface area (Å²) in [5.41, 5.74) is 5.12. The van der Waals surface area contributed by atoms with Gasteiger partial charge in [-0.2, -0.15) is 0 Å². The highest BCUT2D eigenvalue weighted by molar-refractivity contribution is 6.02. The van der Waals surface area contributed by atoms with E-state index in [0.717, 1.165) is 21.0 Å². The molecule has 0 aliphatic heterocycles. The number of hydrogen-bond donors (Lipinski definition) is 2. The van der Waals surface area contributed by atoms with Crippen molar-refractivity contribution >= 4 is 28.1 Å². The zero-order valence-electron chi connectivity index (χ0n) is 15.8. The lowest BCUT2D eigenvalue weighted by molar-refractivity contribution is 0.0998. The van der Waals surface area contributed by atoms with Crippen molar-refractivity contribution in [3.05, 3.63) is 68.9 Å². The standard InChI is InChI=1S/C20H22N4O4/c1-23(15-8-7-13-5-3-4-6-14(13)11-15)12-16(25)17-18(21)24(9-10-28-2)20(27)22-19(17)26/h3-8,11H,9-10,12,21H2,1-2H3,(H,22,26,27). The fourth-order valence-electron chi connectivity index (χ4n) is 3.06. The van der Waals surface area contributed by atoms with E-state index in [9.17, 15) is 14.4 Å². The molecule has 0 unspecified atom stereocenters. The Labute approximate surface area is 161 Å². The lowest BCUT2D eigenvalue weighted by atomic mass is 10.1. The van der Waals surface area contributed by atoms with Crippen LogP contribution in [0.25, 0.3) is 10.8 Å². The number of nitrogens with two attached hydrogens (primary N) is 1. The van der Waals surface area contributed by atoms with Crippen LogP contribution in [0.4, 0.5) is 11.5 Å². The van der Waals surface area contributed by atoms with Gasteiger partial charge in [0.2, 0.25) is 0 Å². The molecule has 0 atom stereocenters. The van der Waals surface area contributed by atoms with Crippen LogP contribution in [0.5, 0.6) is 0 Å². The Bertz CT molecular complexity index is 1130. The number of likely N-dealkylation sites (N-methyl/N-ethyl adjacent to an activating group) is 1. The molecule has 1 aromatic heterocycles. The Hall–Kier alpha value is -3.39. The van der Waals surface area contributed by atoms with Gasteiger partial charge >= 0.3 is 5.69 Å². The number of ether oxygens (including phenoxy) is 1. The largest absolute Gasteiger partial charge is 0.384 e. The van der Waals surface area contributed by atoms with Gasteiger partial charge in [-0.05, 0) is 22.9 Å². The summed E-state index contributed by atoms with van der Waals surface area (Å²) in [6, 6.07) is 13.7. The second-order valence-electron chi connectivity index (χ2n) is 6.47. The van der Waals surface area contributed by atoms with Crippen molar-refractivity contribution in [2.24, 2.45) is 0 Å². The van der Waals surface area contributed by atoms with Crippen LogP contribution in [-0.4, -0.2) is 42.6 Å². The van der Waals surface area contributed by atoms with E-state index in [1.54, 1.807) is 11.9 Å². The summed E-state index contributed by atoms with van der Waals surface area (Å²) in [4.78, 5) is 40.8. The molecule has 0 saturated carbocycles.